The van der Waals surface area contributed by atoms with E-state index in [2.05, 4.69) is 27.2 Å². The van der Waals surface area contributed by atoms with Gasteiger partial charge < -0.3 is 18.5 Å². The lowest BCUT2D eigenvalue weighted by Crippen LogP contribution is -2.17. The topological polar surface area (TPSA) is 121 Å². The molecule has 0 aliphatic rings. The second kappa shape index (κ2) is 12.9. The quantitative estimate of drug-likeness (QED) is 0.106. The van der Waals surface area contributed by atoms with Crippen molar-refractivity contribution in [2.24, 2.45) is 5.10 Å². The summed E-state index contributed by atoms with van der Waals surface area (Å²) in [5, 5.41) is 15.2. The third-order valence-corrected chi connectivity index (χ3v) is 6.51. The van der Waals surface area contributed by atoms with Gasteiger partial charge in [0.1, 0.15) is 36.3 Å². The van der Waals surface area contributed by atoms with E-state index in [0.717, 1.165) is 17.1 Å². The normalized spacial score (nSPS) is 11.0. The molecule has 0 atom stereocenters. The van der Waals surface area contributed by atoms with E-state index in [1.807, 2.05) is 38.1 Å². The van der Waals surface area contributed by atoms with Crippen LogP contribution >= 0.6 is 0 Å². The van der Waals surface area contributed by atoms with Crippen LogP contribution in [0.4, 0.5) is 10.1 Å². The summed E-state index contributed by atoms with van der Waals surface area (Å²) < 4.78 is 32.5. The molecule has 1 amide bonds. The molecule has 218 valence electrons. The maximum absolute atomic E-state index is 13.2. The highest BCUT2D eigenvalue weighted by Gasteiger charge is 2.14. The number of amides is 1. The average molecular weight is 583 g/mol. The molecule has 5 rings (SSSR count). The van der Waals surface area contributed by atoms with E-state index >= 15 is 0 Å². The molecule has 0 saturated carbocycles. The number of hydrogen-bond donors (Lipinski definition) is 1. The lowest BCUT2D eigenvalue weighted by molar-refractivity contribution is -0.384. The number of nitrogens with zero attached hydrogens (tertiary/aromatic N) is 3. The molecule has 0 aliphatic carbocycles. The first-order chi connectivity index (χ1) is 20.8. The van der Waals surface area contributed by atoms with Crippen molar-refractivity contribution in [2.45, 2.75) is 27.1 Å². The summed E-state index contributed by atoms with van der Waals surface area (Å²) in [5.74, 6) is 0.387. The Morgan fingerprint density at radius 1 is 0.953 bits per heavy atom. The molecule has 43 heavy (non-hydrogen) atoms. The Morgan fingerprint density at radius 3 is 2.37 bits per heavy atom. The van der Waals surface area contributed by atoms with Gasteiger partial charge in [0.05, 0.1) is 11.1 Å². The van der Waals surface area contributed by atoms with Crippen LogP contribution < -0.4 is 14.9 Å². The SMILES string of the molecule is Cc1ccc(C)n1-c1ccc(OCc2ccc(C(=O)N/N=C/c3cc([N+](=O)[O-])ccc3OCc3ccc(F)cc3)o2)cc1. The molecular weight excluding hydrogens is 555 g/mol. The number of nitro benzene ring substituents is 1. The molecule has 0 aliphatic heterocycles. The number of carbonyl (C=O) groups excluding carboxylic acids is 1. The summed E-state index contributed by atoms with van der Waals surface area (Å²) in [5.41, 5.74) is 6.43. The summed E-state index contributed by atoms with van der Waals surface area (Å²) in [7, 11) is 0. The minimum atomic E-state index is -0.622. The maximum atomic E-state index is 13.2. The summed E-state index contributed by atoms with van der Waals surface area (Å²) in [4.78, 5) is 23.3. The fraction of sp³-hybridized carbons (Fsp3) is 0.125. The first kappa shape index (κ1) is 28.8. The molecule has 3 aromatic carbocycles. The molecule has 0 unspecified atom stereocenters. The van der Waals surface area contributed by atoms with Gasteiger partial charge in [-0.25, -0.2) is 9.82 Å². The molecule has 0 bridgehead atoms. The largest absolute Gasteiger partial charge is 0.488 e. The Balaban J connectivity index is 1.18. The van der Waals surface area contributed by atoms with Gasteiger partial charge >= 0.3 is 5.91 Å². The van der Waals surface area contributed by atoms with Crippen molar-refractivity contribution in [3.05, 3.63) is 141 Å². The Labute approximate surface area is 246 Å². The van der Waals surface area contributed by atoms with E-state index in [-0.39, 0.29) is 41.8 Å². The van der Waals surface area contributed by atoms with E-state index in [4.69, 9.17) is 13.9 Å². The summed E-state index contributed by atoms with van der Waals surface area (Å²) in [6.45, 7) is 4.30. The number of nitrogens with one attached hydrogen (secondary N) is 1. The Morgan fingerprint density at radius 2 is 1.67 bits per heavy atom. The highest BCUT2D eigenvalue weighted by molar-refractivity contribution is 5.93. The molecule has 0 saturated heterocycles. The standard InChI is InChI=1S/C32H27FN4O6/c1-21-3-4-22(2)36(21)26-9-12-28(13-10-26)41-20-29-14-16-31(43-29)32(38)35-34-18-24-17-27(37(39)40)11-15-30(24)42-19-23-5-7-25(33)8-6-23/h3-18H,19-20H2,1-2H3,(H,35,38)/b34-18+. The van der Waals surface area contributed by atoms with Crippen LogP contribution in [0, 0.1) is 29.8 Å². The van der Waals surface area contributed by atoms with Crippen molar-refractivity contribution >= 4 is 17.8 Å². The number of nitro groups is 1. The summed E-state index contributed by atoms with van der Waals surface area (Å²) in [6, 6.07) is 24.7. The van der Waals surface area contributed by atoms with Gasteiger partial charge in [0.25, 0.3) is 5.69 Å². The predicted molar refractivity (Wildman–Crippen MR) is 157 cm³/mol. The minimum Gasteiger partial charge on any atom is -0.488 e. The van der Waals surface area contributed by atoms with Gasteiger partial charge in [-0.3, -0.25) is 14.9 Å². The Hall–Kier alpha value is -5.71. The zero-order chi connectivity index (χ0) is 30.3. The van der Waals surface area contributed by atoms with Crippen LogP contribution in [0.3, 0.4) is 0 Å². The number of carbonyl (C=O) groups is 1. The van der Waals surface area contributed by atoms with E-state index in [0.29, 0.717) is 17.1 Å². The average Bonchev–Trinajstić information content (AvgIpc) is 3.62. The number of benzene rings is 3. The highest BCUT2D eigenvalue weighted by atomic mass is 19.1. The van der Waals surface area contributed by atoms with Crippen molar-refractivity contribution in [2.75, 3.05) is 0 Å². The van der Waals surface area contributed by atoms with Crippen LogP contribution in [0.15, 0.2) is 101 Å². The molecule has 2 aromatic heterocycles. The van der Waals surface area contributed by atoms with Crippen molar-refractivity contribution in [3.8, 4) is 17.2 Å². The number of hydrogen-bond acceptors (Lipinski definition) is 7. The molecular formula is C32H27FN4O6. The number of aryl methyl sites for hydroxylation is 2. The minimum absolute atomic E-state index is 0.0106. The van der Waals surface area contributed by atoms with Gasteiger partial charge in [-0.1, -0.05) is 12.1 Å². The molecule has 1 N–H and O–H groups in total. The second-order valence-corrected chi connectivity index (χ2v) is 9.59. The molecule has 11 heteroatoms. The van der Waals surface area contributed by atoms with Crippen LogP contribution in [-0.2, 0) is 13.2 Å². The lowest BCUT2D eigenvalue weighted by atomic mass is 10.2. The zero-order valence-corrected chi connectivity index (χ0v) is 23.3. The number of halogens is 1. The lowest BCUT2D eigenvalue weighted by Gasteiger charge is -2.10. The van der Waals surface area contributed by atoms with E-state index < -0.39 is 10.8 Å². The van der Waals surface area contributed by atoms with E-state index in [9.17, 15) is 19.3 Å². The summed E-state index contributed by atoms with van der Waals surface area (Å²) >= 11 is 0. The van der Waals surface area contributed by atoms with Gasteiger partial charge in [-0.05, 0) is 86.1 Å². The maximum Gasteiger partial charge on any atom is 0.307 e. The number of hydrazone groups is 1. The second-order valence-electron chi connectivity index (χ2n) is 9.59. The van der Waals surface area contributed by atoms with Crippen LogP contribution in [-0.4, -0.2) is 21.6 Å². The molecule has 0 fully saturated rings. The molecule has 10 nitrogen and oxygen atoms in total. The molecule has 0 radical (unpaired) electrons. The molecule has 2 heterocycles. The van der Waals surface area contributed by atoms with Crippen LogP contribution in [0.25, 0.3) is 5.69 Å². The van der Waals surface area contributed by atoms with Crippen LogP contribution in [0.1, 0.15) is 38.8 Å². The fourth-order valence-corrected chi connectivity index (χ4v) is 4.34. The first-order valence-electron chi connectivity index (χ1n) is 13.2. The van der Waals surface area contributed by atoms with E-state index in [1.54, 1.807) is 18.2 Å². The number of furan rings is 1. The monoisotopic (exact) mass is 582 g/mol. The summed E-state index contributed by atoms with van der Waals surface area (Å²) in [6.07, 6.45) is 1.23. The molecule has 0 spiro atoms. The smallest absolute Gasteiger partial charge is 0.307 e. The van der Waals surface area contributed by atoms with Gasteiger partial charge in [0.2, 0.25) is 0 Å². The third-order valence-electron chi connectivity index (χ3n) is 6.51. The van der Waals surface area contributed by atoms with Crippen LogP contribution in [0.5, 0.6) is 11.5 Å². The van der Waals surface area contributed by atoms with Gasteiger partial charge in [0, 0.05) is 34.8 Å². The Kier molecular flexibility index (Phi) is 8.61. The van der Waals surface area contributed by atoms with Crippen molar-refractivity contribution in [1.82, 2.24) is 9.99 Å². The zero-order valence-electron chi connectivity index (χ0n) is 23.3. The Bertz CT molecular complexity index is 1760. The highest BCUT2D eigenvalue weighted by Crippen LogP contribution is 2.24. The third kappa shape index (κ3) is 7.14. The fourth-order valence-electron chi connectivity index (χ4n) is 4.34. The van der Waals surface area contributed by atoms with Gasteiger partial charge in [0.15, 0.2) is 5.76 Å². The number of ether oxygens (including phenoxy) is 2. The van der Waals surface area contributed by atoms with Crippen LogP contribution in [0.2, 0.25) is 0 Å². The van der Waals surface area contributed by atoms with Gasteiger partial charge in [-0.2, -0.15) is 5.10 Å². The van der Waals surface area contributed by atoms with Crippen molar-refractivity contribution in [1.29, 1.82) is 0 Å². The van der Waals surface area contributed by atoms with Crippen molar-refractivity contribution in [3.63, 3.8) is 0 Å². The number of aromatic nitrogens is 1. The number of non-ortho nitro benzene ring substituents is 1. The van der Waals surface area contributed by atoms with E-state index in [1.165, 1.54) is 42.6 Å². The predicted octanol–water partition coefficient (Wildman–Crippen LogP) is 6.66. The van der Waals surface area contributed by atoms with Gasteiger partial charge in [-0.15, -0.1) is 0 Å². The first-order valence-corrected chi connectivity index (χ1v) is 13.2. The molecule has 5 aromatic rings. The van der Waals surface area contributed by atoms with Crippen molar-refractivity contribution < 1.29 is 28.0 Å². The number of rotatable bonds is 11.